The third-order valence-electron chi connectivity index (χ3n) is 4.88. The van der Waals surface area contributed by atoms with E-state index in [9.17, 15) is 14.4 Å². The second-order valence-electron chi connectivity index (χ2n) is 7.32. The number of aromatic nitrogens is 2. The summed E-state index contributed by atoms with van der Waals surface area (Å²) in [6.45, 7) is 1.35. The predicted octanol–water partition coefficient (Wildman–Crippen LogP) is 4.21. The summed E-state index contributed by atoms with van der Waals surface area (Å²) in [5, 5.41) is 15.7. The number of methoxy groups -OCH3 is 1. The summed E-state index contributed by atoms with van der Waals surface area (Å²) in [7, 11) is 1.57. The first kappa shape index (κ1) is 23.2. The van der Waals surface area contributed by atoms with Crippen LogP contribution in [0.25, 0.3) is 11.5 Å². The number of para-hydroxylation sites is 2. The molecule has 4 rings (SSSR count). The van der Waals surface area contributed by atoms with Gasteiger partial charge in [0.05, 0.1) is 29.6 Å². The lowest BCUT2D eigenvalue weighted by atomic mass is 10.1. The molecular weight excluding hydrogens is 450 g/mol. The van der Waals surface area contributed by atoms with Gasteiger partial charge in [0.15, 0.2) is 0 Å². The molecule has 3 amide bonds. The van der Waals surface area contributed by atoms with Crippen molar-refractivity contribution in [3.8, 4) is 17.2 Å². The average molecular weight is 471 g/mol. The predicted molar refractivity (Wildman–Crippen MR) is 129 cm³/mol. The minimum absolute atomic E-state index is 0.0991. The van der Waals surface area contributed by atoms with E-state index in [-0.39, 0.29) is 34.6 Å². The number of ether oxygens (including phenoxy) is 1. The Morgan fingerprint density at radius 2 is 1.31 bits per heavy atom. The molecule has 10 nitrogen and oxygen atoms in total. The van der Waals surface area contributed by atoms with Crippen LogP contribution in [0.4, 0.5) is 17.4 Å². The zero-order chi connectivity index (χ0) is 24.8. The molecular formula is C25H21N5O5. The molecule has 3 N–H and O–H groups in total. The van der Waals surface area contributed by atoms with Crippen LogP contribution in [0.3, 0.4) is 0 Å². The van der Waals surface area contributed by atoms with Crippen molar-refractivity contribution in [1.82, 2.24) is 10.2 Å². The minimum atomic E-state index is -0.555. The molecule has 0 saturated carbocycles. The quantitative estimate of drug-likeness (QED) is 0.367. The highest BCUT2D eigenvalue weighted by Crippen LogP contribution is 2.24. The van der Waals surface area contributed by atoms with Gasteiger partial charge in [-0.1, -0.05) is 29.4 Å². The lowest BCUT2D eigenvalue weighted by molar-refractivity contribution is -0.114. The smallest absolute Gasteiger partial charge is 0.322 e. The van der Waals surface area contributed by atoms with E-state index in [1.54, 1.807) is 79.9 Å². The zero-order valence-corrected chi connectivity index (χ0v) is 18.9. The van der Waals surface area contributed by atoms with Crippen LogP contribution < -0.4 is 20.7 Å². The molecule has 3 aromatic carbocycles. The van der Waals surface area contributed by atoms with E-state index in [1.165, 1.54) is 6.92 Å². The summed E-state index contributed by atoms with van der Waals surface area (Å²) < 4.78 is 10.7. The Balaban J connectivity index is 1.50. The standard InChI is InChI=1S/C25H21N5O5/c1-15(31)26-20-9-5-3-7-18(20)22(32)27-21-10-6-4-8-19(21)23(33)28-25-30-29-24(35-25)16-11-13-17(34-2)14-12-16/h3-14H,1-2H3,(H,26,31)(H,27,32)(H,28,30,33). The monoisotopic (exact) mass is 471 g/mol. The number of amides is 3. The Hall–Kier alpha value is -4.99. The number of nitrogens with one attached hydrogen (secondary N) is 3. The van der Waals surface area contributed by atoms with Crippen molar-refractivity contribution >= 4 is 35.1 Å². The first-order chi connectivity index (χ1) is 16.9. The van der Waals surface area contributed by atoms with E-state index in [1.807, 2.05) is 0 Å². The van der Waals surface area contributed by atoms with Crippen LogP contribution in [0.2, 0.25) is 0 Å². The number of hydrogen-bond acceptors (Lipinski definition) is 7. The van der Waals surface area contributed by atoms with Crippen LogP contribution >= 0.6 is 0 Å². The van der Waals surface area contributed by atoms with Gasteiger partial charge in [-0.3, -0.25) is 19.7 Å². The number of anilines is 3. The second kappa shape index (κ2) is 10.3. The van der Waals surface area contributed by atoms with Gasteiger partial charge in [0, 0.05) is 12.5 Å². The van der Waals surface area contributed by atoms with Gasteiger partial charge < -0.3 is 19.8 Å². The lowest BCUT2D eigenvalue weighted by Gasteiger charge is -2.13. The molecule has 0 aliphatic carbocycles. The summed E-state index contributed by atoms with van der Waals surface area (Å²) in [6.07, 6.45) is 0. The molecule has 0 unspecified atom stereocenters. The van der Waals surface area contributed by atoms with Gasteiger partial charge in [-0.2, -0.15) is 0 Å². The van der Waals surface area contributed by atoms with Crippen LogP contribution in [0.5, 0.6) is 5.75 Å². The molecule has 4 aromatic rings. The van der Waals surface area contributed by atoms with Gasteiger partial charge in [0.1, 0.15) is 5.75 Å². The molecule has 0 fully saturated rings. The van der Waals surface area contributed by atoms with E-state index in [4.69, 9.17) is 9.15 Å². The molecule has 35 heavy (non-hydrogen) atoms. The molecule has 0 aliphatic heterocycles. The van der Waals surface area contributed by atoms with Gasteiger partial charge in [-0.25, -0.2) is 0 Å². The van der Waals surface area contributed by atoms with Crippen LogP contribution in [0.1, 0.15) is 27.6 Å². The molecule has 0 bridgehead atoms. The Bertz CT molecular complexity index is 1380. The molecule has 0 aliphatic rings. The fourth-order valence-corrected chi connectivity index (χ4v) is 3.25. The van der Waals surface area contributed by atoms with Crippen molar-refractivity contribution in [3.05, 3.63) is 83.9 Å². The maximum Gasteiger partial charge on any atom is 0.322 e. The largest absolute Gasteiger partial charge is 0.497 e. The fraction of sp³-hybridized carbons (Fsp3) is 0.0800. The summed E-state index contributed by atoms with van der Waals surface area (Å²) in [5.74, 6) is -0.451. The highest BCUT2D eigenvalue weighted by molar-refractivity contribution is 6.14. The topological polar surface area (TPSA) is 135 Å². The second-order valence-corrected chi connectivity index (χ2v) is 7.32. The number of carbonyl (C=O) groups is 3. The molecule has 0 spiro atoms. The number of hydrogen-bond donors (Lipinski definition) is 3. The van der Waals surface area contributed by atoms with Crippen LogP contribution in [-0.4, -0.2) is 35.0 Å². The van der Waals surface area contributed by atoms with Crippen molar-refractivity contribution in [2.24, 2.45) is 0 Å². The first-order valence-corrected chi connectivity index (χ1v) is 10.5. The van der Waals surface area contributed by atoms with Gasteiger partial charge in [0.25, 0.3) is 11.8 Å². The summed E-state index contributed by atoms with van der Waals surface area (Å²) >= 11 is 0. The maximum atomic E-state index is 12.9. The average Bonchev–Trinajstić information content (AvgIpc) is 3.32. The maximum absolute atomic E-state index is 12.9. The van der Waals surface area contributed by atoms with E-state index in [0.29, 0.717) is 17.0 Å². The molecule has 1 heterocycles. The van der Waals surface area contributed by atoms with E-state index < -0.39 is 11.8 Å². The van der Waals surface area contributed by atoms with Crippen molar-refractivity contribution in [2.75, 3.05) is 23.1 Å². The van der Waals surface area contributed by atoms with Crippen molar-refractivity contribution in [3.63, 3.8) is 0 Å². The van der Waals surface area contributed by atoms with Crippen LogP contribution in [0, 0.1) is 0 Å². The Morgan fingerprint density at radius 3 is 1.91 bits per heavy atom. The highest BCUT2D eigenvalue weighted by Gasteiger charge is 2.18. The number of benzene rings is 3. The lowest BCUT2D eigenvalue weighted by Crippen LogP contribution is -2.20. The number of nitrogens with zero attached hydrogens (tertiary/aromatic N) is 2. The summed E-state index contributed by atoms with van der Waals surface area (Å²) in [4.78, 5) is 37.3. The molecule has 0 saturated heterocycles. The van der Waals surface area contributed by atoms with Gasteiger partial charge in [-0.05, 0) is 48.5 Å². The molecule has 10 heteroatoms. The molecule has 0 radical (unpaired) electrons. The number of carbonyl (C=O) groups excluding carboxylic acids is 3. The molecule has 1 aromatic heterocycles. The first-order valence-electron chi connectivity index (χ1n) is 10.5. The van der Waals surface area contributed by atoms with E-state index >= 15 is 0 Å². The van der Waals surface area contributed by atoms with Crippen LogP contribution in [-0.2, 0) is 4.79 Å². The zero-order valence-electron chi connectivity index (χ0n) is 18.9. The molecule has 176 valence electrons. The molecule has 0 atom stereocenters. The fourth-order valence-electron chi connectivity index (χ4n) is 3.25. The third-order valence-corrected chi connectivity index (χ3v) is 4.88. The van der Waals surface area contributed by atoms with Gasteiger partial charge >= 0.3 is 6.01 Å². The van der Waals surface area contributed by atoms with Crippen molar-refractivity contribution < 1.29 is 23.5 Å². The SMILES string of the molecule is COc1ccc(-c2nnc(NC(=O)c3ccccc3NC(=O)c3ccccc3NC(C)=O)o2)cc1. The minimum Gasteiger partial charge on any atom is -0.497 e. The Morgan fingerprint density at radius 1 is 0.743 bits per heavy atom. The van der Waals surface area contributed by atoms with E-state index in [0.717, 1.165) is 0 Å². The van der Waals surface area contributed by atoms with Crippen LogP contribution in [0.15, 0.2) is 77.2 Å². The normalized spacial score (nSPS) is 10.3. The van der Waals surface area contributed by atoms with Crippen molar-refractivity contribution in [2.45, 2.75) is 6.92 Å². The summed E-state index contributed by atoms with van der Waals surface area (Å²) in [5.41, 5.74) is 1.71. The summed E-state index contributed by atoms with van der Waals surface area (Å²) in [6, 6.07) is 19.9. The Kier molecular flexibility index (Phi) is 6.82. The van der Waals surface area contributed by atoms with E-state index in [2.05, 4.69) is 26.1 Å². The van der Waals surface area contributed by atoms with Gasteiger partial charge in [0.2, 0.25) is 11.8 Å². The van der Waals surface area contributed by atoms with Crippen molar-refractivity contribution in [1.29, 1.82) is 0 Å². The third kappa shape index (κ3) is 5.50. The Labute approximate surface area is 200 Å². The highest BCUT2D eigenvalue weighted by atomic mass is 16.5. The number of rotatable bonds is 7. The van der Waals surface area contributed by atoms with Gasteiger partial charge in [-0.15, -0.1) is 5.10 Å².